The van der Waals surface area contributed by atoms with Crippen molar-refractivity contribution in [1.82, 2.24) is 0 Å². The van der Waals surface area contributed by atoms with Crippen LogP contribution in [-0.4, -0.2) is 28.3 Å². The van der Waals surface area contributed by atoms with Crippen molar-refractivity contribution in [2.24, 2.45) is 17.8 Å². The minimum Gasteiger partial charge on any atom is -0.488 e. The van der Waals surface area contributed by atoms with E-state index < -0.39 is 6.16 Å². The zero-order valence-electron chi connectivity index (χ0n) is 33.3. The number of rotatable bonds is 19. The first-order chi connectivity index (χ1) is 26.6. The highest BCUT2D eigenvalue weighted by molar-refractivity contribution is 5.99. The fraction of sp³-hybridized carbons (Fsp3) is 0.500. The largest absolute Gasteiger partial charge is 0.514 e. The van der Waals surface area contributed by atoms with Gasteiger partial charge in [0.1, 0.15) is 24.2 Å². The number of aliphatic hydroxyl groups is 2. The maximum absolute atomic E-state index is 13.6. The monoisotopic (exact) mass is 748 g/mol. The van der Waals surface area contributed by atoms with Crippen molar-refractivity contribution in [2.45, 2.75) is 137 Å². The molecule has 0 aromatic heterocycles. The Morgan fingerprint density at radius 2 is 1.44 bits per heavy atom. The molecule has 0 amide bonds. The Hall–Kier alpha value is -4.56. The molecular weight excluding hydrogens is 689 g/mol. The molecule has 0 bridgehead atoms. The van der Waals surface area contributed by atoms with Crippen molar-refractivity contribution < 1.29 is 34.0 Å². The molecule has 0 aliphatic heterocycles. The van der Waals surface area contributed by atoms with Gasteiger partial charge in [-0.15, -0.1) is 6.42 Å². The molecule has 294 valence electrons. The molecule has 7 nitrogen and oxygen atoms in total. The summed E-state index contributed by atoms with van der Waals surface area (Å²) in [6.45, 7) is 8.43. The molecule has 4 rings (SSSR count). The molecule has 0 saturated heterocycles. The van der Waals surface area contributed by atoms with Gasteiger partial charge in [0.05, 0.1) is 18.8 Å². The minimum atomic E-state index is -0.769. The van der Waals surface area contributed by atoms with Crippen molar-refractivity contribution in [2.75, 3.05) is 0 Å². The van der Waals surface area contributed by atoms with E-state index in [0.717, 1.165) is 49.7 Å². The van der Waals surface area contributed by atoms with Crippen LogP contribution in [0, 0.1) is 41.9 Å². The van der Waals surface area contributed by atoms with Gasteiger partial charge in [-0.1, -0.05) is 115 Å². The molecule has 3 aromatic carbocycles. The molecule has 1 aliphatic carbocycles. The van der Waals surface area contributed by atoms with Crippen molar-refractivity contribution in [3.8, 4) is 35.7 Å². The summed E-state index contributed by atoms with van der Waals surface area (Å²) in [7, 11) is 0. The molecule has 1 aliphatic rings. The van der Waals surface area contributed by atoms with Gasteiger partial charge in [0, 0.05) is 34.2 Å². The van der Waals surface area contributed by atoms with Gasteiger partial charge in [-0.3, -0.25) is 4.79 Å². The molecule has 0 spiro atoms. The molecule has 7 heteroatoms. The third kappa shape index (κ3) is 13.6. The fourth-order valence-corrected chi connectivity index (χ4v) is 7.38. The predicted octanol–water partition coefficient (Wildman–Crippen LogP) is 10.7. The number of hydrogen-bond donors (Lipinski definition) is 2. The summed E-state index contributed by atoms with van der Waals surface area (Å²) in [6.07, 6.45) is 18.2. The summed E-state index contributed by atoms with van der Waals surface area (Å²) in [5.74, 6) is 10.6. The first-order valence-corrected chi connectivity index (χ1v) is 20.3. The van der Waals surface area contributed by atoms with E-state index in [4.69, 9.17) is 20.6 Å². The van der Waals surface area contributed by atoms with Gasteiger partial charge in [-0.25, -0.2) is 4.79 Å². The second kappa shape index (κ2) is 22.7. The highest BCUT2D eigenvalue weighted by Gasteiger charge is 2.34. The van der Waals surface area contributed by atoms with Crippen molar-refractivity contribution in [3.05, 3.63) is 93.5 Å². The van der Waals surface area contributed by atoms with E-state index in [9.17, 15) is 19.8 Å². The number of aliphatic hydroxyl groups excluding tert-OH is 2. The number of carbonyl (C=O) groups is 2. The Labute approximate surface area is 329 Å². The summed E-state index contributed by atoms with van der Waals surface area (Å²) in [5.41, 5.74) is 4.20. The lowest BCUT2D eigenvalue weighted by molar-refractivity contribution is -0.0137. The number of terminal acetylenes is 1. The van der Waals surface area contributed by atoms with E-state index in [1.165, 1.54) is 38.5 Å². The number of hydrogen-bond acceptors (Lipinski definition) is 7. The number of benzene rings is 3. The maximum atomic E-state index is 13.6. The van der Waals surface area contributed by atoms with E-state index in [0.29, 0.717) is 51.8 Å². The van der Waals surface area contributed by atoms with Crippen molar-refractivity contribution in [1.29, 1.82) is 0 Å². The second-order valence-electron chi connectivity index (χ2n) is 15.4. The van der Waals surface area contributed by atoms with Crippen molar-refractivity contribution in [3.63, 3.8) is 0 Å². The van der Waals surface area contributed by atoms with E-state index in [1.54, 1.807) is 30.3 Å². The maximum Gasteiger partial charge on any atom is 0.514 e. The normalized spacial score (nSPS) is 16.5. The highest BCUT2D eigenvalue weighted by atomic mass is 16.7. The van der Waals surface area contributed by atoms with Gasteiger partial charge < -0.3 is 24.4 Å². The van der Waals surface area contributed by atoms with Crippen LogP contribution in [0.1, 0.15) is 155 Å². The van der Waals surface area contributed by atoms with Crippen LogP contribution in [0.3, 0.4) is 0 Å². The third-order valence-corrected chi connectivity index (χ3v) is 10.6. The lowest BCUT2D eigenvalue weighted by Gasteiger charge is -2.36. The van der Waals surface area contributed by atoms with Gasteiger partial charge in [0.2, 0.25) is 0 Å². The lowest BCUT2D eigenvalue weighted by atomic mass is 9.75. The third-order valence-electron chi connectivity index (χ3n) is 10.6. The van der Waals surface area contributed by atoms with Crippen LogP contribution in [-0.2, 0) is 24.6 Å². The van der Waals surface area contributed by atoms with Gasteiger partial charge >= 0.3 is 6.16 Å². The molecule has 0 unspecified atom stereocenters. The summed E-state index contributed by atoms with van der Waals surface area (Å²) < 4.78 is 17.7. The van der Waals surface area contributed by atoms with Gasteiger partial charge in [-0.2, -0.15) is 0 Å². The van der Waals surface area contributed by atoms with E-state index in [2.05, 4.69) is 45.5 Å². The van der Waals surface area contributed by atoms with Crippen LogP contribution in [0.4, 0.5) is 4.79 Å². The molecule has 55 heavy (non-hydrogen) atoms. The van der Waals surface area contributed by atoms with Crippen molar-refractivity contribution >= 4 is 11.9 Å². The number of carbonyl (C=O) groups excluding carboxylic acids is 2. The first-order valence-electron chi connectivity index (χ1n) is 20.3. The summed E-state index contributed by atoms with van der Waals surface area (Å²) in [6, 6.07) is 16.0. The summed E-state index contributed by atoms with van der Waals surface area (Å²) in [5, 5.41) is 19.7. The molecule has 0 heterocycles. The minimum absolute atomic E-state index is 0.0762. The fourth-order valence-electron chi connectivity index (χ4n) is 7.38. The Balaban J connectivity index is 1.45. The van der Waals surface area contributed by atoms with Gasteiger partial charge in [0.25, 0.3) is 0 Å². The second-order valence-corrected chi connectivity index (χ2v) is 15.4. The average molecular weight is 749 g/mol. The quantitative estimate of drug-likeness (QED) is 0.0414. The molecule has 1 fully saturated rings. The number of Topliss-reactive ketones (excluding diaryl/α,β-unsaturated/α-hetero) is 1. The lowest BCUT2D eigenvalue weighted by Crippen LogP contribution is -2.36. The summed E-state index contributed by atoms with van der Waals surface area (Å²) in [4.78, 5) is 26.8. The van der Waals surface area contributed by atoms with Crippen LogP contribution in [0.2, 0.25) is 0 Å². The molecular formula is C48H60O7. The smallest absolute Gasteiger partial charge is 0.488 e. The Bertz CT molecular complexity index is 1760. The van der Waals surface area contributed by atoms with E-state index in [1.807, 2.05) is 24.3 Å². The Morgan fingerprint density at radius 3 is 2.05 bits per heavy atom. The van der Waals surface area contributed by atoms with Crippen LogP contribution in [0.25, 0.3) is 0 Å². The van der Waals surface area contributed by atoms with Gasteiger partial charge in [-0.05, 0) is 85.0 Å². The van der Waals surface area contributed by atoms with E-state index >= 15 is 0 Å². The molecule has 1 saturated carbocycles. The van der Waals surface area contributed by atoms with Crippen LogP contribution >= 0.6 is 0 Å². The van der Waals surface area contributed by atoms with Crippen LogP contribution < -0.4 is 9.47 Å². The number of ether oxygens (including phenoxy) is 3. The van der Waals surface area contributed by atoms with Gasteiger partial charge in [0.15, 0.2) is 5.78 Å². The van der Waals surface area contributed by atoms with E-state index in [-0.39, 0.29) is 43.4 Å². The van der Waals surface area contributed by atoms with Crippen LogP contribution in [0.15, 0.2) is 54.6 Å². The number of ketones is 1. The average Bonchev–Trinajstić information content (AvgIpc) is 3.18. The highest BCUT2D eigenvalue weighted by Crippen LogP contribution is 2.36. The molecule has 3 aromatic rings. The Morgan fingerprint density at radius 1 is 0.818 bits per heavy atom. The first kappa shape index (κ1) is 43.2. The zero-order chi connectivity index (χ0) is 39.6. The predicted molar refractivity (Wildman–Crippen MR) is 218 cm³/mol. The summed E-state index contributed by atoms with van der Waals surface area (Å²) >= 11 is 0. The van der Waals surface area contributed by atoms with Crippen LogP contribution in [0.5, 0.6) is 11.5 Å². The Kier molecular flexibility index (Phi) is 17.8. The molecule has 3 atom stereocenters. The zero-order valence-corrected chi connectivity index (χ0v) is 33.3. The number of unbranched alkanes of at least 4 members (excludes halogenated alkanes) is 8. The SMILES string of the molecule is C#Cc1cc(CO)c(OCc2ccc(C#Cc3ccc(OC(=O)O[C@@H]4C[C@H](C)CC[C@@H]4C(C)C)c(C(=O)CCCCCCCCCCC)c3)cc2)c(CO)c1. The molecule has 0 radical (unpaired) electrons. The standard InChI is InChI=1S/C48H60O7/c1-6-8-9-10-11-12-13-14-15-16-44(51)43-30-38(24-26-45(43)54-48(52)55-46-27-35(5)17-25-42(46)34(3)4)21-18-37-19-22-39(23-20-37)33-53-47-40(31-49)28-36(7-2)29-41(47)32-50/h2,19-20,22-24,26,28-30,34-35,42,46,49-50H,6,8-17,25,27,31-33H2,1,3-5H3/t35-,42-,46-/m1/s1. The molecule has 2 N–H and O–H groups in total. The topological polar surface area (TPSA) is 102 Å².